The van der Waals surface area contributed by atoms with E-state index in [2.05, 4.69) is 47.6 Å². The smallest absolute Gasteiger partial charge is 0.253 e. The Labute approximate surface area is 318 Å². The lowest BCUT2D eigenvalue weighted by atomic mass is 9.98. The first kappa shape index (κ1) is 36.6. The summed E-state index contributed by atoms with van der Waals surface area (Å²) in [5.74, 6) is -0.540. The predicted molar refractivity (Wildman–Crippen MR) is 207 cm³/mol. The van der Waals surface area contributed by atoms with Gasteiger partial charge in [0.1, 0.15) is 17.6 Å². The number of rotatable bonds is 8. The maximum atomic E-state index is 14.0. The summed E-state index contributed by atoms with van der Waals surface area (Å²) in [5, 5.41) is 27.2. The number of hydrogen-bond donors (Lipinski definition) is 2. The van der Waals surface area contributed by atoms with Crippen molar-refractivity contribution in [2.45, 2.75) is 70.5 Å². The zero-order valence-corrected chi connectivity index (χ0v) is 31.6. The summed E-state index contributed by atoms with van der Waals surface area (Å²) < 4.78 is 16.0. The highest BCUT2D eigenvalue weighted by Crippen LogP contribution is 2.38. The van der Waals surface area contributed by atoms with Crippen molar-refractivity contribution in [1.82, 2.24) is 29.8 Å². The maximum absolute atomic E-state index is 14.0. The van der Waals surface area contributed by atoms with Gasteiger partial charge in [0, 0.05) is 59.6 Å². The van der Waals surface area contributed by atoms with Gasteiger partial charge >= 0.3 is 0 Å². The number of hydrogen-bond acceptors (Lipinski definition) is 8. The molecule has 0 spiro atoms. The van der Waals surface area contributed by atoms with Crippen molar-refractivity contribution < 1.29 is 9.18 Å². The van der Waals surface area contributed by atoms with E-state index < -0.39 is 11.9 Å². The second-order valence-electron chi connectivity index (χ2n) is 14.8. The van der Waals surface area contributed by atoms with Crippen molar-refractivity contribution in [2.75, 3.05) is 36.8 Å². The first-order chi connectivity index (χ1) is 25.5. The molecule has 2 aromatic heterocycles. The number of amides is 1. The topological polar surface area (TPSA) is 115 Å². The number of nitriles is 1. The molecule has 2 aliphatic heterocycles. The Kier molecular flexibility index (Phi) is 10.6. The summed E-state index contributed by atoms with van der Waals surface area (Å²) in [5.41, 5.74) is 4.54. The summed E-state index contributed by atoms with van der Waals surface area (Å²) in [6.45, 7) is 10.2. The van der Waals surface area contributed by atoms with Crippen LogP contribution >= 0.6 is 23.2 Å². The number of anilines is 3. The van der Waals surface area contributed by atoms with Gasteiger partial charge in [-0.25, -0.2) is 9.07 Å². The molecule has 2 saturated heterocycles. The second-order valence-corrected chi connectivity index (χ2v) is 15.7. The minimum absolute atomic E-state index is 0.00933. The van der Waals surface area contributed by atoms with E-state index in [4.69, 9.17) is 33.3 Å². The maximum Gasteiger partial charge on any atom is 0.253 e. The third-order valence-electron chi connectivity index (χ3n) is 10.3. The van der Waals surface area contributed by atoms with Gasteiger partial charge in [0.15, 0.2) is 0 Å². The van der Waals surface area contributed by atoms with E-state index in [0.29, 0.717) is 44.2 Å². The number of halogens is 3. The SMILES string of the molecule is CC(C)(C)N1CCC(n2cc([C@@H](Nc3cc(Cl)cc4c(Nc5ccc(F)c(Cl)c5)c(C#N)cnc34)c3cccc(C(=O)N4CCCCC4)c3)nn2)CC1. The number of carbonyl (C=O) groups excluding carboxylic acids is 1. The molecule has 2 aliphatic rings. The lowest BCUT2D eigenvalue weighted by Crippen LogP contribution is -2.46. The number of piperidine rings is 2. The van der Waals surface area contributed by atoms with Gasteiger partial charge in [-0.1, -0.05) is 40.5 Å². The Balaban J connectivity index is 1.28. The molecular formula is C40H42Cl2FN9O. The number of carbonyl (C=O) groups is 1. The van der Waals surface area contributed by atoms with E-state index in [1.54, 1.807) is 18.2 Å². The standard InChI is InChI=1S/C40H42Cl2FN9O/c1-40(2,3)51-16-12-30(13-17-51)52-24-35(48-49-52)37(25-8-7-9-26(18-25)39(53)50-14-5-4-6-15-50)47-34-20-28(41)19-31-36(27(22-44)23-45-38(31)34)46-29-10-11-33(43)32(42)21-29/h7-11,18-21,23-24,30,37,47H,4-6,12-17H2,1-3H3,(H,45,46)/t37-/m0/s1. The molecule has 0 saturated carbocycles. The van der Waals surface area contributed by atoms with Gasteiger partial charge in [-0.15, -0.1) is 5.10 Å². The van der Waals surface area contributed by atoms with Crippen LogP contribution in [0.2, 0.25) is 10.0 Å². The molecule has 0 aliphatic carbocycles. The normalized spacial score (nSPS) is 16.4. The van der Waals surface area contributed by atoms with E-state index in [-0.39, 0.29) is 28.1 Å². The lowest BCUT2D eigenvalue weighted by molar-refractivity contribution is 0.0724. The van der Waals surface area contributed by atoms with E-state index in [9.17, 15) is 14.4 Å². The zero-order chi connectivity index (χ0) is 37.3. The van der Waals surface area contributed by atoms with Gasteiger partial charge < -0.3 is 15.5 Å². The molecule has 3 aromatic carbocycles. The van der Waals surface area contributed by atoms with Crippen molar-refractivity contribution >= 4 is 57.1 Å². The highest BCUT2D eigenvalue weighted by atomic mass is 35.5. The lowest BCUT2D eigenvalue weighted by Gasteiger charge is -2.40. The van der Waals surface area contributed by atoms with E-state index >= 15 is 0 Å². The van der Waals surface area contributed by atoms with Crippen LogP contribution in [0.15, 0.2) is 67.0 Å². The fourth-order valence-electron chi connectivity index (χ4n) is 7.33. The number of nitrogens with one attached hydrogen (secondary N) is 2. The van der Waals surface area contributed by atoms with E-state index in [1.165, 1.54) is 18.3 Å². The number of aromatic nitrogens is 4. The van der Waals surface area contributed by atoms with Crippen LogP contribution in [0, 0.1) is 17.1 Å². The Morgan fingerprint density at radius 2 is 1.79 bits per heavy atom. The van der Waals surface area contributed by atoms with Crippen LogP contribution < -0.4 is 10.6 Å². The van der Waals surface area contributed by atoms with Crippen LogP contribution in [0.25, 0.3) is 10.9 Å². The van der Waals surface area contributed by atoms with E-state index in [1.807, 2.05) is 40.0 Å². The Hall–Kier alpha value is -4.76. The van der Waals surface area contributed by atoms with Crippen molar-refractivity contribution in [3.63, 3.8) is 0 Å². The first-order valence-corrected chi connectivity index (χ1v) is 18.8. The summed E-state index contributed by atoms with van der Waals surface area (Å²) in [6.07, 6.45) is 8.53. The van der Waals surface area contributed by atoms with Gasteiger partial charge in [-0.3, -0.25) is 14.7 Å². The molecule has 5 aromatic rings. The predicted octanol–water partition coefficient (Wildman–Crippen LogP) is 9.15. The largest absolute Gasteiger partial charge is 0.371 e. The molecule has 2 fully saturated rings. The highest BCUT2D eigenvalue weighted by molar-refractivity contribution is 6.32. The summed E-state index contributed by atoms with van der Waals surface area (Å²) in [4.78, 5) is 22.8. The molecule has 2 N–H and O–H groups in total. The first-order valence-electron chi connectivity index (χ1n) is 18.1. The van der Waals surface area contributed by atoms with Crippen LogP contribution in [0.4, 0.5) is 21.5 Å². The summed E-state index contributed by atoms with van der Waals surface area (Å²) >= 11 is 12.9. The molecule has 0 radical (unpaired) electrons. The van der Waals surface area contributed by atoms with Crippen molar-refractivity contribution in [2.24, 2.45) is 0 Å². The third kappa shape index (κ3) is 7.96. The van der Waals surface area contributed by atoms with Crippen LogP contribution in [0.3, 0.4) is 0 Å². The Morgan fingerprint density at radius 1 is 1.02 bits per heavy atom. The summed E-state index contributed by atoms with van der Waals surface area (Å²) in [7, 11) is 0. The second kappa shape index (κ2) is 15.3. The summed E-state index contributed by atoms with van der Waals surface area (Å²) in [6, 6.07) is 17.3. The van der Waals surface area contributed by atoms with Crippen LogP contribution in [0.5, 0.6) is 0 Å². The fourth-order valence-corrected chi connectivity index (χ4v) is 7.73. The molecular weight excluding hydrogens is 712 g/mol. The molecule has 13 heteroatoms. The molecule has 1 amide bonds. The minimum atomic E-state index is -0.549. The van der Waals surface area contributed by atoms with Gasteiger partial charge in [-0.2, -0.15) is 5.26 Å². The molecule has 7 rings (SSSR count). The zero-order valence-electron chi connectivity index (χ0n) is 30.0. The van der Waals surface area contributed by atoms with Gasteiger partial charge in [-0.05, 0) is 101 Å². The monoisotopic (exact) mass is 753 g/mol. The number of nitrogens with zero attached hydrogens (tertiary/aromatic N) is 7. The van der Waals surface area contributed by atoms with Crippen LogP contribution in [-0.4, -0.2) is 67.4 Å². The van der Waals surface area contributed by atoms with Crippen molar-refractivity contribution in [1.29, 1.82) is 5.26 Å². The molecule has 10 nitrogen and oxygen atoms in total. The molecule has 1 atom stereocenters. The fraction of sp³-hybridized carbons (Fsp3) is 0.375. The van der Waals surface area contributed by atoms with Crippen molar-refractivity contribution in [3.8, 4) is 6.07 Å². The average molecular weight is 755 g/mol. The third-order valence-corrected chi connectivity index (χ3v) is 10.8. The number of fused-ring (bicyclic) bond motifs is 1. The molecule has 274 valence electrons. The minimum Gasteiger partial charge on any atom is -0.371 e. The average Bonchev–Trinajstić information content (AvgIpc) is 3.65. The van der Waals surface area contributed by atoms with Crippen molar-refractivity contribution in [3.05, 3.63) is 105 Å². The van der Waals surface area contributed by atoms with Crippen LogP contribution in [0.1, 0.15) is 92.1 Å². The molecule has 53 heavy (non-hydrogen) atoms. The molecule has 0 bridgehead atoms. The number of benzene rings is 3. The molecule has 4 heterocycles. The van der Waals surface area contributed by atoms with Gasteiger partial charge in [0.05, 0.1) is 45.8 Å². The van der Waals surface area contributed by atoms with Crippen LogP contribution in [-0.2, 0) is 0 Å². The Bertz CT molecular complexity index is 2180. The molecule has 0 unspecified atom stereocenters. The Morgan fingerprint density at radius 3 is 2.51 bits per heavy atom. The highest BCUT2D eigenvalue weighted by Gasteiger charge is 2.30. The van der Waals surface area contributed by atoms with Gasteiger partial charge in [0.25, 0.3) is 5.91 Å². The number of pyridine rings is 1. The van der Waals surface area contributed by atoms with E-state index in [0.717, 1.165) is 63.8 Å². The quantitative estimate of drug-likeness (QED) is 0.161. The number of likely N-dealkylation sites (tertiary alicyclic amines) is 2. The van der Waals surface area contributed by atoms with Gasteiger partial charge in [0.2, 0.25) is 0 Å².